The van der Waals surface area contributed by atoms with Gasteiger partial charge in [0.15, 0.2) is 0 Å². The first kappa shape index (κ1) is 9.19. The SMILES string of the molecule is Cc1cc2nc(C(C)(C)C)ncc2[nH]1. The first-order valence-corrected chi connectivity index (χ1v) is 4.80. The van der Waals surface area contributed by atoms with Gasteiger partial charge in [-0.1, -0.05) is 20.8 Å². The van der Waals surface area contributed by atoms with Crippen molar-refractivity contribution in [2.24, 2.45) is 0 Å². The zero-order valence-corrected chi connectivity index (χ0v) is 9.05. The molecule has 0 aliphatic rings. The monoisotopic (exact) mass is 189 g/mol. The lowest BCUT2D eigenvalue weighted by Crippen LogP contribution is -2.15. The van der Waals surface area contributed by atoms with Gasteiger partial charge in [-0.2, -0.15) is 0 Å². The smallest absolute Gasteiger partial charge is 0.134 e. The van der Waals surface area contributed by atoms with E-state index in [9.17, 15) is 0 Å². The van der Waals surface area contributed by atoms with Crippen LogP contribution in [-0.2, 0) is 5.41 Å². The number of aryl methyl sites for hydroxylation is 1. The fourth-order valence-corrected chi connectivity index (χ4v) is 1.42. The molecule has 3 nitrogen and oxygen atoms in total. The lowest BCUT2D eigenvalue weighted by molar-refractivity contribution is 0.548. The number of nitrogens with zero attached hydrogens (tertiary/aromatic N) is 2. The predicted molar refractivity (Wildman–Crippen MR) is 57.3 cm³/mol. The highest BCUT2D eigenvalue weighted by atomic mass is 14.9. The Morgan fingerprint density at radius 3 is 2.64 bits per heavy atom. The molecule has 2 aromatic rings. The first-order valence-electron chi connectivity index (χ1n) is 4.80. The molecule has 2 heterocycles. The Kier molecular flexibility index (Phi) is 1.84. The van der Waals surface area contributed by atoms with Gasteiger partial charge in [-0.3, -0.25) is 0 Å². The molecular formula is C11H15N3. The van der Waals surface area contributed by atoms with Crippen LogP contribution in [0.2, 0.25) is 0 Å². The summed E-state index contributed by atoms with van der Waals surface area (Å²) in [6.45, 7) is 8.38. The minimum atomic E-state index is 0.0133. The lowest BCUT2D eigenvalue weighted by Gasteiger charge is -2.15. The van der Waals surface area contributed by atoms with Crippen LogP contribution in [0.25, 0.3) is 11.0 Å². The molecule has 0 saturated carbocycles. The van der Waals surface area contributed by atoms with E-state index in [1.54, 1.807) is 0 Å². The normalized spacial score (nSPS) is 12.3. The van der Waals surface area contributed by atoms with E-state index >= 15 is 0 Å². The summed E-state index contributed by atoms with van der Waals surface area (Å²) >= 11 is 0. The summed E-state index contributed by atoms with van der Waals surface area (Å²) in [4.78, 5) is 12.1. The van der Waals surface area contributed by atoms with E-state index in [1.807, 2.05) is 19.2 Å². The minimum Gasteiger partial charge on any atom is -0.356 e. The Balaban J connectivity index is 2.62. The van der Waals surface area contributed by atoms with Crippen LogP contribution in [0.4, 0.5) is 0 Å². The van der Waals surface area contributed by atoms with Crippen molar-refractivity contribution in [3.8, 4) is 0 Å². The second-order valence-corrected chi connectivity index (χ2v) is 4.69. The summed E-state index contributed by atoms with van der Waals surface area (Å²) in [5.74, 6) is 0.893. The molecule has 0 aromatic carbocycles. The number of aromatic nitrogens is 3. The van der Waals surface area contributed by atoms with Gasteiger partial charge < -0.3 is 4.98 Å². The standard InChI is InChI=1S/C11H15N3/c1-7-5-8-9(13-7)6-12-10(14-8)11(2,3)4/h5-6,13H,1-4H3. The molecule has 0 radical (unpaired) electrons. The van der Waals surface area contributed by atoms with Crippen molar-refractivity contribution in [3.05, 3.63) is 23.8 Å². The number of aromatic amines is 1. The number of hydrogen-bond acceptors (Lipinski definition) is 2. The van der Waals surface area contributed by atoms with Crippen LogP contribution in [0.1, 0.15) is 32.3 Å². The van der Waals surface area contributed by atoms with Gasteiger partial charge in [-0.15, -0.1) is 0 Å². The third kappa shape index (κ3) is 1.50. The van der Waals surface area contributed by atoms with E-state index in [4.69, 9.17) is 0 Å². The van der Waals surface area contributed by atoms with Crippen molar-refractivity contribution in [1.29, 1.82) is 0 Å². The molecule has 0 atom stereocenters. The third-order valence-electron chi connectivity index (χ3n) is 2.17. The Labute approximate surface area is 83.6 Å². The van der Waals surface area contributed by atoms with Gasteiger partial charge >= 0.3 is 0 Å². The molecule has 0 aliphatic heterocycles. The summed E-state index contributed by atoms with van der Waals surface area (Å²) in [5, 5.41) is 0. The van der Waals surface area contributed by atoms with E-state index in [0.29, 0.717) is 0 Å². The zero-order chi connectivity index (χ0) is 10.3. The Morgan fingerprint density at radius 1 is 1.29 bits per heavy atom. The molecule has 0 saturated heterocycles. The average molecular weight is 189 g/mol. The zero-order valence-electron chi connectivity index (χ0n) is 9.05. The molecule has 3 heteroatoms. The Hall–Kier alpha value is -1.38. The van der Waals surface area contributed by atoms with Crippen molar-refractivity contribution in [3.63, 3.8) is 0 Å². The van der Waals surface area contributed by atoms with Gasteiger partial charge in [0.05, 0.1) is 17.2 Å². The first-order chi connectivity index (χ1) is 6.47. The highest BCUT2D eigenvalue weighted by molar-refractivity contribution is 5.74. The lowest BCUT2D eigenvalue weighted by atomic mass is 9.96. The van der Waals surface area contributed by atoms with Crippen LogP contribution < -0.4 is 0 Å². The van der Waals surface area contributed by atoms with Gasteiger partial charge in [0.2, 0.25) is 0 Å². The molecule has 1 N–H and O–H groups in total. The summed E-state index contributed by atoms with van der Waals surface area (Å²) in [6, 6.07) is 2.05. The van der Waals surface area contributed by atoms with Crippen molar-refractivity contribution in [2.75, 3.05) is 0 Å². The molecule has 0 unspecified atom stereocenters. The van der Waals surface area contributed by atoms with E-state index in [0.717, 1.165) is 22.6 Å². The molecule has 0 bridgehead atoms. The van der Waals surface area contributed by atoms with Gasteiger partial charge in [0.1, 0.15) is 5.82 Å². The van der Waals surface area contributed by atoms with Crippen LogP contribution >= 0.6 is 0 Å². The van der Waals surface area contributed by atoms with E-state index < -0.39 is 0 Å². The number of H-pyrrole nitrogens is 1. The van der Waals surface area contributed by atoms with Gasteiger partial charge in [-0.25, -0.2) is 9.97 Å². The topological polar surface area (TPSA) is 41.6 Å². The highest BCUT2D eigenvalue weighted by Crippen LogP contribution is 2.20. The van der Waals surface area contributed by atoms with Crippen molar-refractivity contribution in [2.45, 2.75) is 33.1 Å². The third-order valence-corrected chi connectivity index (χ3v) is 2.17. The molecule has 0 spiro atoms. The second-order valence-electron chi connectivity index (χ2n) is 4.69. The van der Waals surface area contributed by atoms with Gasteiger partial charge in [0, 0.05) is 11.1 Å². The molecular weight excluding hydrogens is 174 g/mol. The largest absolute Gasteiger partial charge is 0.356 e. The maximum absolute atomic E-state index is 4.52. The maximum atomic E-state index is 4.52. The van der Waals surface area contributed by atoms with Crippen LogP contribution in [0.15, 0.2) is 12.3 Å². The molecule has 14 heavy (non-hydrogen) atoms. The molecule has 0 aliphatic carbocycles. The number of nitrogens with one attached hydrogen (secondary N) is 1. The Morgan fingerprint density at radius 2 is 2.00 bits per heavy atom. The van der Waals surface area contributed by atoms with Crippen molar-refractivity contribution in [1.82, 2.24) is 15.0 Å². The van der Waals surface area contributed by atoms with Gasteiger partial charge in [0.25, 0.3) is 0 Å². The molecule has 0 amide bonds. The van der Waals surface area contributed by atoms with Gasteiger partial charge in [-0.05, 0) is 13.0 Å². The molecule has 2 aromatic heterocycles. The summed E-state index contributed by atoms with van der Waals surface area (Å²) in [6.07, 6.45) is 1.86. The van der Waals surface area contributed by atoms with E-state index in [-0.39, 0.29) is 5.41 Å². The number of fused-ring (bicyclic) bond motifs is 1. The summed E-state index contributed by atoms with van der Waals surface area (Å²) in [5.41, 5.74) is 3.15. The van der Waals surface area contributed by atoms with Crippen LogP contribution in [0.5, 0.6) is 0 Å². The van der Waals surface area contributed by atoms with E-state index in [1.165, 1.54) is 0 Å². The molecule has 74 valence electrons. The minimum absolute atomic E-state index is 0.0133. The fourth-order valence-electron chi connectivity index (χ4n) is 1.42. The number of hydrogen-bond donors (Lipinski definition) is 1. The van der Waals surface area contributed by atoms with Crippen LogP contribution in [0, 0.1) is 6.92 Å². The highest BCUT2D eigenvalue weighted by Gasteiger charge is 2.17. The van der Waals surface area contributed by atoms with Crippen molar-refractivity contribution < 1.29 is 0 Å². The van der Waals surface area contributed by atoms with Crippen LogP contribution in [-0.4, -0.2) is 15.0 Å². The summed E-state index contributed by atoms with van der Waals surface area (Å²) in [7, 11) is 0. The van der Waals surface area contributed by atoms with E-state index in [2.05, 4.69) is 35.7 Å². The fraction of sp³-hybridized carbons (Fsp3) is 0.455. The van der Waals surface area contributed by atoms with Crippen LogP contribution in [0.3, 0.4) is 0 Å². The second kappa shape index (κ2) is 2.80. The average Bonchev–Trinajstić information content (AvgIpc) is 2.41. The van der Waals surface area contributed by atoms with Crippen molar-refractivity contribution >= 4 is 11.0 Å². The molecule has 2 rings (SSSR count). The molecule has 0 fully saturated rings. The Bertz CT molecular complexity index is 463. The quantitative estimate of drug-likeness (QED) is 0.692. The number of rotatable bonds is 0. The maximum Gasteiger partial charge on any atom is 0.134 e. The summed E-state index contributed by atoms with van der Waals surface area (Å²) < 4.78 is 0. The predicted octanol–water partition coefficient (Wildman–Crippen LogP) is 2.56.